The Morgan fingerprint density at radius 2 is 1.93 bits per heavy atom. The molecule has 6 N–H and O–H groups in total. The van der Waals surface area contributed by atoms with Gasteiger partial charge in [0.2, 0.25) is 5.91 Å². The van der Waals surface area contributed by atoms with Gasteiger partial charge in [-0.05, 0) is 55.7 Å². The van der Waals surface area contributed by atoms with Gasteiger partial charge in [-0.3, -0.25) is 14.6 Å². The molecular formula is C28H31F3N8O2S. The van der Waals surface area contributed by atoms with Crippen molar-refractivity contribution in [2.75, 3.05) is 29.2 Å². The molecule has 0 saturated carbocycles. The van der Waals surface area contributed by atoms with Gasteiger partial charge in [0.1, 0.15) is 5.84 Å². The van der Waals surface area contributed by atoms with Crippen molar-refractivity contribution in [3.8, 4) is 0 Å². The Kier molecular flexibility index (Phi) is 9.17. The van der Waals surface area contributed by atoms with E-state index < -0.39 is 17.6 Å². The second kappa shape index (κ2) is 12.6. The summed E-state index contributed by atoms with van der Waals surface area (Å²) in [5.41, 5.74) is 6.92. The molecule has 0 unspecified atom stereocenters. The number of hydrogen-bond donors (Lipinski definition) is 4. The molecule has 2 aromatic carbocycles. The Morgan fingerprint density at radius 3 is 2.62 bits per heavy atom. The summed E-state index contributed by atoms with van der Waals surface area (Å²) in [7, 11) is 1.85. The summed E-state index contributed by atoms with van der Waals surface area (Å²) >= 11 is 1.16. The second-order valence-corrected chi connectivity index (χ2v) is 10.9. The van der Waals surface area contributed by atoms with Crippen LogP contribution in [0.5, 0.6) is 0 Å². The highest BCUT2D eigenvalue weighted by Gasteiger charge is 2.31. The molecule has 0 atom stereocenters. The van der Waals surface area contributed by atoms with Crippen LogP contribution < -0.4 is 27.2 Å². The second-order valence-electron chi connectivity index (χ2n) is 9.83. The van der Waals surface area contributed by atoms with Crippen molar-refractivity contribution in [3.63, 3.8) is 0 Å². The first-order valence-electron chi connectivity index (χ1n) is 13.0. The number of amides is 2. The van der Waals surface area contributed by atoms with Crippen molar-refractivity contribution in [2.24, 2.45) is 16.6 Å². The molecule has 10 nitrogen and oxygen atoms in total. The Bertz CT molecular complexity index is 1550. The minimum atomic E-state index is -4.63. The maximum atomic E-state index is 13.7. The molecule has 2 amide bonds. The average Bonchev–Trinajstić information content (AvgIpc) is 3.37. The summed E-state index contributed by atoms with van der Waals surface area (Å²) < 4.78 is 41.1. The molecule has 3 aromatic rings. The zero-order chi connectivity index (χ0) is 30.6. The predicted molar refractivity (Wildman–Crippen MR) is 159 cm³/mol. The first kappa shape index (κ1) is 30.5. The zero-order valence-corrected chi connectivity index (χ0v) is 24.1. The number of carbonyl (C=O) groups excluding carboxylic acids is 2. The van der Waals surface area contributed by atoms with Crippen LogP contribution >= 0.6 is 11.3 Å². The van der Waals surface area contributed by atoms with E-state index in [0.717, 1.165) is 48.4 Å². The smallest absolute Gasteiger partial charge is 0.396 e. The zero-order valence-electron chi connectivity index (χ0n) is 23.2. The van der Waals surface area contributed by atoms with Gasteiger partial charge in [-0.2, -0.15) is 13.2 Å². The van der Waals surface area contributed by atoms with Gasteiger partial charge in [0.15, 0.2) is 5.13 Å². The summed E-state index contributed by atoms with van der Waals surface area (Å²) in [6.07, 6.45) is 0.865. The van der Waals surface area contributed by atoms with Crippen molar-refractivity contribution in [3.05, 3.63) is 70.4 Å². The number of aryl methyl sites for hydroxylation is 1. The number of alkyl halides is 3. The molecule has 1 fully saturated rings. The van der Waals surface area contributed by atoms with Crippen molar-refractivity contribution in [1.29, 1.82) is 0 Å². The summed E-state index contributed by atoms with van der Waals surface area (Å²) in [5, 5.41) is 6.76. The summed E-state index contributed by atoms with van der Waals surface area (Å²) in [6.45, 7) is 3.92. The standard InChI is InChI=1S/C28H31F3N8O2S/c1-16-7-8-18(10-23(16)39(33)15-22(32)24-14-34-27(42-24)35-17(2)40)26(41)37-21-12-19(28(29,30)31)11-20(13-21)36-25-6-4-5-9-38(25)3/h7-8,10-15H,4-6,9,32-33H2,1-3H3,(H,37,41)(H,34,35,40)/b22-15-,36-25?. The maximum Gasteiger partial charge on any atom is 0.416 e. The molecule has 14 heteroatoms. The van der Waals surface area contributed by atoms with E-state index in [1.807, 2.05) is 11.9 Å². The lowest BCUT2D eigenvalue weighted by Gasteiger charge is -2.26. The number of halogens is 3. The van der Waals surface area contributed by atoms with Gasteiger partial charge in [0.25, 0.3) is 5.91 Å². The van der Waals surface area contributed by atoms with E-state index in [4.69, 9.17) is 11.6 Å². The lowest BCUT2D eigenvalue weighted by molar-refractivity contribution is -0.137. The number of carbonyl (C=O) groups is 2. The van der Waals surface area contributed by atoms with Gasteiger partial charge in [-0.1, -0.05) is 17.4 Å². The number of piperidine rings is 1. The monoisotopic (exact) mass is 600 g/mol. The van der Waals surface area contributed by atoms with Crippen LogP contribution in [-0.4, -0.2) is 41.1 Å². The third-order valence-electron chi connectivity index (χ3n) is 6.45. The molecular weight excluding hydrogens is 569 g/mol. The van der Waals surface area contributed by atoms with E-state index in [0.29, 0.717) is 28.0 Å². The number of nitrogens with two attached hydrogens (primary N) is 2. The first-order chi connectivity index (χ1) is 19.8. The quantitative estimate of drug-likeness (QED) is 0.208. The van der Waals surface area contributed by atoms with Crippen LogP contribution in [0.1, 0.15) is 52.5 Å². The number of anilines is 3. The predicted octanol–water partition coefficient (Wildman–Crippen LogP) is 5.46. The van der Waals surface area contributed by atoms with Gasteiger partial charge in [0, 0.05) is 50.6 Å². The summed E-state index contributed by atoms with van der Waals surface area (Å²) in [5.74, 6) is 6.05. The number of aliphatic imine (C=N–C) groups is 1. The van der Waals surface area contributed by atoms with Gasteiger partial charge in [-0.25, -0.2) is 15.8 Å². The van der Waals surface area contributed by atoms with Gasteiger partial charge in [0.05, 0.1) is 27.5 Å². The van der Waals surface area contributed by atoms with Crippen molar-refractivity contribution in [2.45, 2.75) is 39.3 Å². The van der Waals surface area contributed by atoms with Crippen LogP contribution in [0, 0.1) is 6.92 Å². The molecule has 1 aliphatic heterocycles. The van der Waals surface area contributed by atoms with E-state index in [1.54, 1.807) is 19.1 Å². The van der Waals surface area contributed by atoms with Crippen LogP contribution in [0.3, 0.4) is 0 Å². The molecule has 0 aliphatic carbocycles. The molecule has 4 rings (SSSR count). The molecule has 0 spiro atoms. The van der Waals surface area contributed by atoms with Gasteiger partial charge >= 0.3 is 6.18 Å². The number of rotatable bonds is 7. The van der Waals surface area contributed by atoms with Crippen LogP contribution in [0.4, 0.5) is 35.4 Å². The fraction of sp³-hybridized carbons (Fsp3) is 0.286. The highest BCUT2D eigenvalue weighted by Crippen LogP contribution is 2.35. The van der Waals surface area contributed by atoms with E-state index in [9.17, 15) is 22.8 Å². The molecule has 222 valence electrons. The third kappa shape index (κ3) is 7.64. The van der Waals surface area contributed by atoms with E-state index in [-0.39, 0.29) is 28.5 Å². The van der Waals surface area contributed by atoms with Crippen LogP contribution in [-0.2, 0) is 11.0 Å². The molecule has 42 heavy (non-hydrogen) atoms. The fourth-order valence-electron chi connectivity index (χ4n) is 4.28. The fourth-order valence-corrected chi connectivity index (χ4v) is 5.07. The average molecular weight is 601 g/mol. The first-order valence-corrected chi connectivity index (χ1v) is 13.8. The number of amidine groups is 1. The normalized spacial score (nSPS) is 15.1. The summed E-state index contributed by atoms with van der Waals surface area (Å²) in [4.78, 5) is 35.5. The molecule has 0 radical (unpaired) electrons. The molecule has 1 saturated heterocycles. The van der Waals surface area contributed by atoms with Gasteiger partial charge in [-0.15, -0.1) is 0 Å². The molecule has 2 heterocycles. The molecule has 0 bridgehead atoms. The summed E-state index contributed by atoms with van der Waals surface area (Å²) in [6, 6.07) is 7.99. The number of nitrogens with one attached hydrogen (secondary N) is 2. The SMILES string of the molecule is CC(=O)Nc1ncc(/C(N)=C/N(N)c2cc(C(=O)Nc3cc(N=C4CCCCN4C)cc(C(F)(F)F)c3)ccc2C)s1. The Morgan fingerprint density at radius 1 is 1.17 bits per heavy atom. The number of aromatic nitrogens is 1. The maximum absolute atomic E-state index is 13.7. The van der Waals surface area contributed by atoms with Gasteiger partial charge < -0.3 is 21.3 Å². The lowest BCUT2D eigenvalue weighted by Crippen LogP contribution is -2.31. The van der Waals surface area contributed by atoms with E-state index in [2.05, 4.69) is 20.6 Å². The van der Waals surface area contributed by atoms with E-state index in [1.165, 1.54) is 36.5 Å². The number of hydrazine groups is 1. The lowest BCUT2D eigenvalue weighted by atomic mass is 10.1. The molecule has 1 aromatic heterocycles. The minimum Gasteiger partial charge on any atom is -0.396 e. The van der Waals surface area contributed by atoms with Crippen LogP contribution in [0.2, 0.25) is 0 Å². The number of likely N-dealkylation sites (tertiary alicyclic amines) is 1. The van der Waals surface area contributed by atoms with Crippen molar-refractivity contribution < 1.29 is 22.8 Å². The number of nitrogens with zero attached hydrogens (tertiary/aromatic N) is 4. The topological polar surface area (TPSA) is 142 Å². The van der Waals surface area contributed by atoms with Crippen LogP contribution in [0.15, 0.2) is 53.8 Å². The highest BCUT2D eigenvalue weighted by molar-refractivity contribution is 7.16. The Hall–Kier alpha value is -4.43. The number of thiazole rings is 1. The van der Waals surface area contributed by atoms with Crippen molar-refractivity contribution >= 4 is 56.9 Å². The van der Waals surface area contributed by atoms with Crippen LogP contribution in [0.25, 0.3) is 5.70 Å². The number of hydrogen-bond acceptors (Lipinski definition) is 8. The molecule has 1 aliphatic rings. The minimum absolute atomic E-state index is 0.0383. The highest BCUT2D eigenvalue weighted by atomic mass is 32.1. The number of benzene rings is 2. The van der Waals surface area contributed by atoms with E-state index >= 15 is 0 Å². The Labute approximate surface area is 244 Å². The third-order valence-corrected chi connectivity index (χ3v) is 7.41. The van der Waals surface area contributed by atoms with Crippen molar-refractivity contribution in [1.82, 2.24) is 9.88 Å². The Balaban J connectivity index is 1.58. The largest absolute Gasteiger partial charge is 0.416 e.